The number of aromatic nitrogens is 2. The van der Waals surface area contributed by atoms with Crippen LogP contribution in [0.4, 0.5) is 0 Å². The molecule has 1 fully saturated rings. The van der Waals surface area contributed by atoms with Crippen molar-refractivity contribution in [1.82, 2.24) is 20.0 Å². The highest BCUT2D eigenvalue weighted by Crippen LogP contribution is 2.32. The van der Waals surface area contributed by atoms with E-state index in [1.54, 1.807) is 11.8 Å². The Morgan fingerprint density at radius 2 is 2.12 bits per heavy atom. The third kappa shape index (κ3) is 2.87. The lowest BCUT2D eigenvalue weighted by Gasteiger charge is -2.38. The molecule has 3 heterocycles. The first-order valence-corrected chi connectivity index (χ1v) is 9.01. The molecule has 2 amide bonds. The number of hydrogen-bond acceptors (Lipinski definition) is 5. The second-order valence-corrected chi connectivity index (χ2v) is 7.05. The molecule has 0 saturated carbocycles. The van der Waals surface area contributed by atoms with E-state index in [9.17, 15) is 9.59 Å². The molecule has 7 heteroatoms. The Labute approximate surface area is 152 Å². The Morgan fingerprint density at radius 1 is 1.31 bits per heavy atom. The number of carbonyl (C=O) groups excluding carboxylic acids is 2. The zero-order valence-corrected chi connectivity index (χ0v) is 15.0. The van der Waals surface area contributed by atoms with Gasteiger partial charge < -0.3 is 14.2 Å². The molecule has 2 atom stereocenters. The van der Waals surface area contributed by atoms with Gasteiger partial charge in [-0.2, -0.15) is 0 Å². The molecular formula is C19H22N4O3. The predicted molar refractivity (Wildman–Crippen MR) is 93.4 cm³/mol. The molecule has 2 aromatic rings. The van der Waals surface area contributed by atoms with E-state index >= 15 is 0 Å². The summed E-state index contributed by atoms with van der Waals surface area (Å²) in [4.78, 5) is 28.9. The van der Waals surface area contributed by atoms with Crippen molar-refractivity contribution >= 4 is 11.8 Å². The fourth-order valence-electron chi connectivity index (χ4n) is 3.98. The number of nitrogens with zero attached hydrogens (tertiary/aromatic N) is 4. The molecule has 136 valence electrons. The van der Waals surface area contributed by atoms with Crippen molar-refractivity contribution in [3.05, 3.63) is 47.2 Å². The van der Waals surface area contributed by atoms with Gasteiger partial charge in [-0.3, -0.25) is 9.59 Å². The minimum atomic E-state index is -0.0670. The average Bonchev–Trinajstić information content (AvgIpc) is 3.19. The van der Waals surface area contributed by atoms with Gasteiger partial charge in [-0.15, -0.1) is 10.2 Å². The molecule has 4 rings (SSSR count). The molecule has 1 saturated heterocycles. The smallest absolute Gasteiger partial charge is 0.254 e. The molecule has 1 aromatic heterocycles. The molecule has 2 aliphatic heterocycles. The summed E-state index contributed by atoms with van der Waals surface area (Å²) in [7, 11) is 0. The number of amides is 2. The van der Waals surface area contributed by atoms with E-state index in [4.69, 9.17) is 4.42 Å². The third-order valence-electron chi connectivity index (χ3n) is 5.39. The van der Waals surface area contributed by atoms with Gasteiger partial charge in [-0.1, -0.05) is 18.2 Å². The lowest BCUT2D eigenvalue weighted by Crippen LogP contribution is -2.49. The maximum Gasteiger partial charge on any atom is 0.254 e. The summed E-state index contributed by atoms with van der Waals surface area (Å²) in [6.45, 7) is 5.08. The van der Waals surface area contributed by atoms with Gasteiger partial charge in [-0.05, 0) is 31.4 Å². The van der Waals surface area contributed by atoms with Crippen LogP contribution < -0.4 is 0 Å². The van der Waals surface area contributed by atoms with Crippen LogP contribution in [-0.4, -0.2) is 50.9 Å². The molecule has 2 aliphatic rings. The zero-order valence-electron chi connectivity index (χ0n) is 15.0. The molecule has 0 aliphatic carbocycles. The van der Waals surface area contributed by atoms with E-state index < -0.39 is 0 Å². The highest BCUT2D eigenvalue weighted by molar-refractivity contribution is 6.00. The van der Waals surface area contributed by atoms with Gasteiger partial charge in [0.05, 0.1) is 5.92 Å². The summed E-state index contributed by atoms with van der Waals surface area (Å²) in [6.07, 6.45) is 1.80. The minimum Gasteiger partial charge on any atom is -0.425 e. The maximum atomic E-state index is 12.9. The van der Waals surface area contributed by atoms with Crippen molar-refractivity contribution < 1.29 is 14.0 Å². The fourth-order valence-corrected chi connectivity index (χ4v) is 3.98. The van der Waals surface area contributed by atoms with Crippen LogP contribution in [0.2, 0.25) is 0 Å². The van der Waals surface area contributed by atoms with Crippen LogP contribution in [0.15, 0.2) is 28.7 Å². The van der Waals surface area contributed by atoms with Gasteiger partial charge in [0.1, 0.15) is 6.54 Å². The van der Waals surface area contributed by atoms with Crippen molar-refractivity contribution in [2.45, 2.75) is 45.2 Å². The van der Waals surface area contributed by atoms with Crippen LogP contribution >= 0.6 is 0 Å². The summed E-state index contributed by atoms with van der Waals surface area (Å²) in [6, 6.07) is 7.50. The van der Waals surface area contributed by atoms with E-state index in [-0.39, 0.29) is 30.3 Å². The summed E-state index contributed by atoms with van der Waals surface area (Å²) >= 11 is 0. The topological polar surface area (TPSA) is 79.5 Å². The van der Waals surface area contributed by atoms with Gasteiger partial charge in [0.2, 0.25) is 17.7 Å². The van der Waals surface area contributed by atoms with E-state index in [1.807, 2.05) is 36.1 Å². The van der Waals surface area contributed by atoms with Crippen LogP contribution in [0, 0.1) is 6.92 Å². The number of aryl methyl sites for hydroxylation is 1. The highest BCUT2D eigenvalue weighted by atomic mass is 16.4. The van der Waals surface area contributed by atoms with Crippen molar-refractivity contribution in [3.8, 4) is 0 Å². The molecule has 0 unspecified atom stereocenters. The van der Waals surface area contributed by atoms with E-state index in [0.29, 0.717) is 30.4 Å². The van der Waals surface area contributed by atoms with Gasteiger partial charge >= 0.3 is 0 Å². The van der Waals surface area contributed by atoms with E-state index in [2.05, 4.69) is 10.2 Å². The SMILES string of the molecule is Cc1nnc([C@H]2CCCN(C(=O)CN3Cc4ccccc4C3=O)[C@H]2C)o1. The fraction of sp³-hybridized carbons (Fsp3) is 0.474. The largest absolute Gasteiger partial charge is 0.425 e. The predicted octanol–water partition coefficient (Wildman–Crippen LogP) is 2.13. The molecular weight excluding hydrogens is 332 g/mol. The first kappa shape index (κ1) is 16.8. The van der Waals surface area contributed by atoms with E-state index in [1.165, 1.54) is 0 Å². The first-order valence-electron chi connectivity index (χ1n) is 9.01. The van der Waals surface area contributed by atoms with Gasteiger partial charge in [-0.25, -0.2) is 0 Å². The Bertz CT molecular complexity index is 847. The molecule has 0 bridgehead atoms. The van der Waals surface area contributed by atoms with Gasteiger partial charge in [0, 0.05) is 31.6 Å². The Kier molecular flexibility index (Phi) is 4.22. The standard InChI is InChI=1S/C19H22N4O3/c1-12-15(18-21-20-13(2)26-18)8-5-9-23(12)17(24)11-22-10-14-6-3-4-7-16(14)19(22)25/h3-4,6-7,12,15H,5,8-11H2,1-2H3/t12-,15-/m0/s1. The lowest BCUT2D eigenvalue weighted by molar-refractivity contribution is -0.135. The molecule has 7 nitrogen and oxygen atoms in total. The summed E-state index contributed by atoms with van der Waals surface area (Å²) < 4.78 is 5.59. The summed E-state index contributed by atoms with van der Waals surface area (Å²) in [5.41, 5.74) is 1.68. The number of carbonyl (C=O) groups is 2. The van der Waals surface area contributed by atoms with Crippen molar-refractivity contribution in [1.29, 1.82) is 0 Å². The number of hydrogen-bond donors (Lipinski definition) is 0. The molecule has 1 aromatic carbocycles. The summed E-state index contributed by atoms with van der Waals surface area (Å²) in [5.74, 6) is 1.08. The van der Waals surface area contributed by atoms with Crippen LogP contribution in [0.3, 0.4) is 0 Å². The van der Waals surface area contributed by atoms with Gasteiger partial charge in [0.25, 0.3) is 5.91 Å². The molecule has 0 radical (unpaired) electrons. The number of piperidine rings is 1. The van der Waals surface area contributed by atoms with Gasteiger partial charge in [0.15, 0.2) is 0 Å². The van der Waals surface area contributed by atoms with Crippen LogP contribution in [-0.2, 0) is 11.3 Å². The van der Waals surface area contributed by atoms with Crippen molar-refractivity contribution in [2.24, 2.45) is 0 Å². The lowest BCUT2D eigenvalue weighted by atomic mass is 9.90. The van der Waals surface area contributed by atoms with Crippen LogP contribution in [0.5, 0.6) is 0 Å². The molecule has 0 N–H and O–H groups in total. The quantitative estimate of drug-likeness (QED) is 0.844. The van der Waals surface area contributed by atoms with Crippen molar-refractivity contribution in [2.75, 3.05) is 13.1 Å². The first-order chi connectivity index (χ1) is 12.5. The number of likely N-dealkylation sites (tertiary alicyclic amines) is 1. The monoisotopic (exact) mass is 354 g/mol. The average molecular weight is 354 g/mol. The number of fused-ring (bicyclic) bond motifs is 1. The van der Waals surface area contributed by atoms with Crippen LogP contribution in [0.25, 0.3) is 0 Å². The summed E-state index contributed by atoms with van der Waals surface area (Å²) in [5, 5.41) is 8.05. The number of rotatable bonds is 3. The Balaban J connectivity index is 1.46. The normalized spacial score (nSPS) is 22.6. The van der Waals surface area contributed by atoms with Crippen LogP contribution in [0.1, 0.15) is 53.4 Å². The molecule has 0 spiro atoms. The Morgan fingerprint density at radius 3 is 2.85 bits per heavy atom. The Hall–Kier alpha value is -2.70. The second-order valence-electron chi connectivity index (χ2n) is 7.05. The number of benzene rings is 1. The second kappa shape index (κ2) is 6.55. The maximum absolute atomic E-state index is 12.9. The van der Waals surface area contributed by atoms with Crippen molar-refractivity contribution in [3.63, 3.8) is 0 Å². The zero-order chi connectivity index (χ0) is 18.3. The highest BCUT2D eigenvalue weighted by Gasteiger charge is 2.37. The van der Waals surface area contributed by atoms with E-state index in [0.717, 1.165) is 18.4 Å². The minimum absolute atomic E-state index is 0.0282. The molecule has 26 heavy (non-hydrogen) atoms. The third-order valence-corrected chi connectivity index (χ3v) is 5.39.